The SMILES string of the molecule is CC(=O)c1ccc(OCCCC(=O)Nc2cccc(C(F)(F)F)c2)cc1. The Morgan fingerprint density at radius 1 is 1.08 bits per heavy atom. The summed E-state index contributed by atoms with van der Waals surface area (Å²) in [6.07, 6.45) is -3.94. The predicted octanol–water partition coefficient (Wildman–Crippen LogP) is 4.71. The van der Waals surface area contributed by atoms with Crippen LogP contribution in [0.25, 0.3) is 0 Å². The Kier molecular flexibility index (Phi) is 6.38. The van der Waals surface area contributed by atoms with Gasteiger partial charge in [-0.3, -0.25) is 9.59 Å². The van der Waals surface area contributed by atoms with E-state index < -0.39 is 11.7 Å². The van der Waals surface area contributed by atoms with E-state index in [2.05, 4.69) is 5.32 Å². The summed E-state index contributed by atoms with van der Waals surface area (Å²) < 4.78 is 43.4. The van der Waals surface area contributed by atoms with Crippen molar-refractivity contribution in [3.8, 4) is 5.75 Å². The lowest BCUT2D eigenvalue weighted by Gasteiger charge is -2.10. The second-order valence-corrected chi connectivity index (χ2v) is 5.66. The lowest BCUT2D eigenvalue weighted by atomic mass is 10.1. The topological polar surface area (TPSA) is 55.4 Å². The van der Waals surface area contributed by atoms with Gasteiger partial charge in [-0.25, -0.2) is 0 Å². The van der Waals surface area contributed by atoms with Crippen molar-refractivity contribution in [1.82, 2.24) is 0 Å². The molecule has 0 atom stereocenters. The van der Waals surface area contributed by atoms with Crippen molar-refractivity contribution in [3.63, 3.8) is 0 Å². The highest BCUT2D eigenvalue weighted by Gasteiger charge is 2.30. The molecule has 0 spiro atoms. The van der Waals surface area contributed by atoms with E-state index in [4.69, 9.17) is 4.74 Å². The van der Waals surface area contributed by atoms with Crippen LogP contribution in [-0.4, -0.2) is 18.3 Å². The van der Waals surface area contributed by atoms with Crippen molar-refractivity contribution < 1.29 is 27.5 Å². The summed E-state index contributed by atoms with van der Waals surface area (Å²) >= 11 is 0. The first-order valence-corrected chi connectivity index (χ1v) is 7.96. The molecule has 26 heavy (non-hydrogen) atoms. The lowest BCUT2D eigenvalue weighted by Crippen LogP contribution is -2.14. The number of halogens is 3. The molecule has 4 nitrogen and oxygen atoms in total. The molecule has 0 bridgehead atoms. The average molecular weight is 365 g/mol. The summed E-state index contributed by atoms with van der Waals surface area (Å²) in [5, 5.41) is 2.44. The Bertz CT molecular complexity index is 770. The molecular weight excluding hydrogens is 347 g/mol. The molecule has 0 saturated heterocycles. The number of benzene rings is 2. The molecule has 0 radical (unpaired) electrons. The normalized spacial score (nSPS) is 11.1. The van der Waals surface area contributed by atoms with Gasteiger partial charge in [0.1, 0.15) is 5.75 Å². The average Bonchev–Trinajstić information content (AvgIpc) is 2.58. The third-order valence-corrected chi connectivity index (χ3v) is 3.55. The smallest absolute Gasteiger partial charge is 0.416 e. The van der Waals surface area contributed by atoms with Gasteiger partial charge in [0.25, 0.3) is 0 Å². The molecule has 0 unspecified atom stereocenters. The standard InChI is InChI=1S/C19H18F3NO3/c1-13(24)14-7-9-17(10-8-14)26-11-3-6-18(25)23-16-5-2-4-15(12-16)19(20,21)22/h2,4-5,7-10,12H,3,6,11H2,1H3,(H,23,25). The molecule has 7 heteroatoms. The first-order chi connectivity index (χ1) is 12.3. The number of alkyl halides is 3. The number of nitrogens with one attached hydrogen (secondary N) is 1. The van der Waals surface area contributed by atoms with Crippen molar-refractivity contribution in [3.05, 3.63) is 59.7 Å². The summed E-state index contributed by atoms with van der Waals surface area (Å²) in [5.41, 5.74) is -0.129. The maximum atomic E-state index is 12.6. The molecule has 2 rings (SSSR count). The molecule has 0 aliphatic carbocycles. The van der Waals surface area contributed by atoms with Crippen molar-refractivity contribution in [2.45, 2.75) is 25.9 Å². The molecule has 0 saturated carbocycles. The number of Topliss-reactive ketones (excluding diaryl/α,β-unsaturated/α-hetero) is 1. The van der Waals surface area contributed by atoms with Crippen LogP contribution >= 0.6 is 0 Å². The van der Waals surface area contributed by atoms with Crippen LogP contribution in [0.5, 0.6) is 5.75 Å². The van der Waals surface area contributed by atoms with Crippen LogP contribution in [-0.2, 0) is 11.0 Å². The van der Waals surface area contributed by atoms with Crippen LogP contribution in [0.15, 0.2) is 48.5 Å². The van der Waals surface area contributed by atoms with E-state index in [0.717, 1.165) is 12.1 Å². The van der Waals surface area contributed by atoms with Gasteiger partial charge in [0.05, 0.1) is 12.2 Å². The van der Waals surface area contributed by atoms with Gasteiger partial charge in [-0.05, 0) is 55.8 Å². The summed E-state index contributed by atoms with van der Waals surface area (Å²) in [6.45, 7) is 1.74. The van der Waals surface area contributed by atoms with Crippen LogP contribution in [0, 0.1) is 0 Å². The number of anilines is 1. The van der Waals surface area contributed by atoms with Gasteiger partial charge in [0.2, 0.25) is 5.91 Å². The summed E-state index contributed by atoms with van der Waals surface area (Å²) in [7, 11) is 0. The summed E-state index contributed by atoms with van der Waals surface area (Å²) in [6, 6.07) is 11.1. The van der Waals surface area contributed by atoms with Gasteiger partial charge in [-0.1, -0.05) is 6.07 Å². The zero-order valence-electron chi connectivity index (χ0n) is 14.1. The minimum Gasteiger partial charge on any atom is -0.494 e. The molecule has 1 amide bonds. The van der Waals surface area contributed by atoms with Crippen molar-refractivity contribution in [1.29, 1.82) is 0 Å². The maximum absolute atomic E-state index is 12.6. The second-order valence-electron chi connectivity index (χ2n) is 5.66. The number of hydrogen-bond donors (Lipinski definition) is 1. The number of hydrogen-bond acceptors (Lipinski definition) is 3. The van der Waals surface area contributed by atoms with E-state index in [1.165, 1.54) is 19.1 Å². The maximum Gasteiger partial charge on any atom is 0.416 e. The molecular formula is C19H18F3NO3. The second kappa shape index (κ2) is 8.51. The zero-order valence-corrected chi connectivity index (χ0v) is 14.1. The molecule has 1 N–H and O–H groups in total. The van der Waals surface area contributed by atoms with E-state index in [1.807, 2.05) is 0 Å². The largest absolute Gasteiger partial charge is 0.494 e. The molecule has 2 aromatic carbocycles. The van der Waals surface area contributed by atoms with Gasteiger partial charge >= 0.3 is 6.18 Å². The number of ether oxygens (including phenoxy) is 1. The van der Waals surface area contributed by atoms with E-state index in [-0.39, 0.29) is 30.4 Å². The fourth-order valence-corrected chi connectivity index (χ4v) is 2.21. The fourth-order valence-electron chi connectivity index (χ4n) is 2.21. The lowest BCUT2D eigenvalue weighted by molar-refractivity contribution is -0.137. The van der Waals surface area contributed by atoms with Crippen molar-refractivity contribution in [2.24, 2.45) is 0 Å². The minimum absolute atomic E-state index is 0.0391. The molecule has 0 aromatic heterocycles. The molecule has 0 fully saturated rings. The zero-order chi connectivity index (χ0) is 19.2. The Morgan fingerprint density at radius 2 is 1.77 bits per heavy atom. The van der Waals surface area contributed by atoms with Crippen molar-refractivity contribution in [2.75, 3.05) is 11.9 Å². The highest BCUT2D eigenvalue weighted by atomic mass is 19.4. The molecule has 0 aliphatic rings. The van der Waals surface area contributed by atoms with Gasteiger partial charge in [0.15, 0.2) is 5.78 Å². The predicted molar refractivity (Wildman–Crippen MR) is 91.2 cm³/mol. The first kappa shape index (κ1) is 19.5. The number of ketones is 1. The quantitative estimate of drug-likeness (QED) is 0.571. The highest BCUT2D eigenvalue weighted by molar-refractivity contribution is 5.94. The van der Waals surface area contributed by atoms with Crippen LogP contribution in [0.1, 0.15) is 35.7 Å². The number of amides is 1. The van der Waals surface area contributed by atoms with E-state index in [1.54, 1.807) is 24.3 Å². The van der Waals surface area contributed by atoms with Gasteiger partial charge < -0.3 is 10.1 Å². The van der Waals surface area contributed by atoms with Crippen LogP contribution < -0.4 is 10.1 Å². The summed E-state index contributed by atoms with van der Waals surface area (Å²) in [4.78, 5) is 23.0. The third-order valence-electron chi connectivity index (χ3n) is 3.55. The Labute approximate surface area is 149 Å². The van der Waals surface area contributed by atoms with E-state index >= 15 is 0 Å². The van der Waals surface area contributed by atoms with Gasteiger partial charge in [-0.2, -0.15) is 13.2 Å². The highest BCUT2D eigenvalue weighted by Crippen LogP contribution is 2.30. The molecule has 0 heterocycles. The Hall–Kier alpha value is -2.83. The monoisotopic (exact) mass is 365 g/mol. The van der Waals surface area contributed by atoms with Crippen LogP contribution in [0.2, 0.25) is 0 Å². The first-order valence-electron chi connectivity index (χ1n) is 7.96. The number of rotatable bonds is 7. The Morgan fingerprint density at radius 3 is 2.38 bits per heavy atom. The van der Waals surface area contributed by atoms with Crippen molar-refractivity contribution >= 4 is 17.4 Å². The number of carbonyl (C=O) groups is 2. The van der Waals surface area contributed by atoms with Crippen LogP contribution in [0.4, 0.5) is 18.9 Å². The van der Waals surface area contributed by atoms with Gasteiger partial charge in [0, 0.05) is 17.7 Å². The van der Waals surface area contributed by atoms with Gasteiger partial charge in [-0.15, -0.1) is 0 Å². The number of carbonyl (C=O) groups excluding carboxylic acids is 2. The minimum atomic E-state index is -4.45. The summed E-state index contributed by atoms with van der Waals surface area (Å²) in [5.74, 6) is 0.149. The third kappa shape index (κ3) is 5.91. The molecule has 2 aromatic rings. The van der Waals surface area contributed by atoms with Crippen LogP contribution in [0.3, 0.4) is 0 Å². The van der Waals surface area contributed by atoms with E-state index in [9.17, 15) is 22.8 Å². The van der Waals surface area contributed by atoms with E-state index in [0.29, 0.717) is 17.7 Å². The fraction of sp³-hybridized carbons (Fsp3) is 0.263. The molecule has 0 aliphatic heterocycles. The molecule has 138 valence electrons. The Balaban J connectivity index is 1.76.